The first-order valence-corrected chi connectivity index (χ1v) is 5.61. The Hall–Kier alpha value is -1.52. The maximum Gasteiger partial charge on any atom is 0.508 e. The highest BCUT2D eigenvalue weighted by molar-refractivity contribution is 5.79. The maximum absolute atomic E-state index is 11.3. The minimum Gasteiger partial charge on any atom is -0.458 e. The average Bonchev–Trinajstić information content (AvgIpc) is 2.28. The van der Waals surface area contributed by atoms with Gasteiger partial charge in [0.05, 0.1) is 5.92 Å². The Balaban J connectivity index is 1.78. The third kappa shape index (κ3) is 2.60. The van der Waals surface area contributed by atoms with Gasteiger partial charge in [-0.05, 0) is 20.8 Å². The van der Waals surface area contributed by atoms with Crippen LogP contribution in [0, 0.1) is 11.8 Å². The Labute approximate surface area is 99.7 Å². The molecule has 2 aliphatic rings. The molecule has 1 saturated heterocycles. The summed E-state index contributed by atoms with van der Waals surface area (Å²) < 4.78 is 15.0. The van der Waals surface area contributed by atoms with E-state index < -0.39 is 11.8 Å². The fraction of sp³-hybridized carbons (Fsp3) is 0.667. The van der Waals surface area contributed by atoms with Crippen LogP contribution in [0.5, 0.6) is 0 Å². The molecule has 0 unspecified atom stereocenters. The molecular formula is C12H16O5. The minimum absolute atomic E-state index is 0.0462. The number of cyclic esters (lactones) is 1. The molecule has 5 nitrogen and oxygen atoms in total. The van der Waals surface area contributed by atoms with Crippen LogP contribution in [0.25, 0.3) is 0 Å². The van der Waals surface area contributed by atoms with Gasteiger partial charge in [0.15, 0.2) is 0 Å². The molecule has 0 radical (unpaired) electrons. The summed E-state index contributed by atoms with van der Waals surface area (Å²) in [6.07, 6.45) is 2.60. The summed E-state index contributed by atoms with van der Waals surface area (Å²) in [5.74, 6) is -0.345. The molecule has 0 N–H and O–H groups in total. The molecule has 1 aliphatic heterocycles. The van der Waals surface area contributed by atoms with Gasteiger partial charge in [-0.15, -0.1) is 0 Å². The fourth-order valence-electron chi connectivity index (χ4n) is 1.82. The van der Waals surface area contributed by atoms with Gasteiger partial charge in [0, 0.05) is 5.92 Å². The summed E-state index contributed by atoms with van der Waals surface area (Å²) in [6.45, 7) is 5.32. The molecule has 0 aromatic heterocycles. The van der Waals surface area contributed by atoms with Crippen LogP contribution in [-0.4, -0.2) is 30.4 Å². The lowest BCUT2D eigenvalue weighted by atomic mass is 9.81. The molecule has 0 aromatic rings. The number of esters is 1. The van der Waals surface area contributed by atoms with E-state index in [9.17, 15) is 9.59 Å². The van der Waals surface area contributed by atoms with Crippen LogP contribution in [-0.2, 0) is 19.0 Å². The third-order valence-electron chi connectivity index (χ3n) is 2.68. The molecule has 3 atom stereocenters. The van der Waals surface area contributed by atoms with Crippen molar-refractivity contribution in [1.29, 1.82) is 0 Å². The van der Waals surface area contributed by atoms with Gasteiger partial charge in [-0.2, -0.15) is 0 Å². The second-order valence-electron chi connectivity index (χ2n) is 5.24. The zero-order chi connectivity index (χ0) is 12.6. The van der Waals surface area contributed by atoms with Crippen LogP contribution < -0.4 is 0 Å². The fourth-order valence-corrected chi connectivity index (χ4v) is 1.82. The van der Waals surface area contributed by atoms with Crippen LogP contribution in [0.15, 0.2) is 12.2 Å². The Morgan fingerprint density at radius 2 is 2.12 bits per heavy atom. The van der Waals surface area contributed by atoms with Crippen molar-refractivity contribution in [2.24, 2.45) is 11.8 Å². The maximum atomic E-state index is 11.3. The molecule has 1 fully saturated rings. The van der Waals surface area contributed by atoms with Gasteiger partial charge in [-0.3, -0.25) is 4.79 Å². The zero-order valence-corrected chi connectivity index (χ0v) is 10.1. The Morgan fingerprint density at radius 3 is 2.59 bits per heavy atom. The number of rotatable bonds is 2. The molecule has 17 heavy (non-hydrogen) atoms. The van der Waals surface area contributed by atoms with Gasteiger partial charge in [0.2, 0.25) is 0 Å². The van der Waals surface area contributed by atoms with Crippen molar-refractivity contribution in [3.63, 3.8) is 0 Å². The zero-order valence-electron chi connectivity index (χ0n) is 10.1. The van der Waals surface area contributed by atoms with E-state index in [1.165, 1.54) is 0 Å². The normalized spacial score (nSPS) is 30.3. The number of fused-ring (bicyclic) bond motifs is 1. The topological polar surface area (TPSA) is 61.8 Å². The highest BCUT2D eigenvalue weighted by atomic mass is 16.7. The number of hydrogen-bond donors (Lipinski definition) is 0. The lowest BCUT2D eigenvalue weighted by Gasteiger charge is -2.23. The van der Waals surface area contributed by atoms with Crippen molar-refractivity contribution in [2.45, 2.75) is 32.5 Å². The molecule has 0 saturated carbocycles. The predicted octanol–water partition coefficient (Wildman–Crippen LogP) is 1.67. The molecule has 0 aromatic carbocycles. The molecule has 5 heteroatoms. The number of carbonyl (C=O) groups excluding carboxylic acids is 2. The van der Waals surface area contributed by atoms with Crippen molar-refractivity contribution >= 4 is 12.1 Å². The van der Waals surface area contributed by atoms with Gasteiger partial charge in [-0.25, -0.2) is 4.79 Å². The summed E-state index contributed by atoms with van der Waals surface area (Å²) in [5.41, 5.74) is -0.581. The SMILES string of the molecule is CC(C)(C)OC(=O)OC[C@H]1OC(=O)[C@@H]2C=C[C@H]12. The largest absolute Gasteiger partial charge is 0.508 e. The lowest BCUT2D eigenvalue weighted by molar-refractivity contribution is -0.145. The van der Waals surface area contributed by atoms with Crippen molar-refractivity contribution in [2.75, 3.05) is 6.61 Å². The van der Waals surface area contributed by atoms with Crippen LogP contribution in [0.4, 0.5) is 4.79 Å². The third-order valence-corrected chi connectivity index (χ3v) is 2.68. The average molecular weight is 240 g/mol. The van der Waals surface area contributed by atoms with E-state index in [2.05, 4.69) is 0 Å². The molecule has 0 spiro atoms. The quantitative estimate of drug-likeness (QED) is 0.542. The Morgan fingerprint density at radius 1 is 1.41 bits per heavy atom. The van der Waals surface area contributed by atoms with E-state index in [0.29, 0.717) is 0 Å². The molecule has 1 aliphatic carbocycles. The van der Waals surface area contributed by atoms with Crippen LogP contribution in [0.1, 0.15) is 20.8 Å². The van der Waals surface area contributed by atoms with Gasteiger partial charge in [-0.1, -0.05) is 12.2 Å². The Kier molecular flexibility index (Phi) is 2.85. The minimum atomic E-state index is -0.736. The second kappa shape index (κ2) is 4.05. The standard InChI is InChI=1S/C12H16O5/c1-12(2,3)17-11(14)15-6-9-7-4-5-8(7)10(13)16-9/h4-5,7-9H,6H2,1-3H3/t7-,8+,9+/m0/s1. The summed E-state index contributed by atoms with van der Waals surface area (Å²) in [7, 11) is 0. The summed E-state index contributed by atoms with van der Waals surface area (Å²) >= 11 is 0. The van der Waals surface area contributed by atoms with Crippen LogP contribution in [0.3, 0.4) is 0 Å². The van der Waals surface area contributed by atoms with E-state index >= 15 is 0 Å². The monoisotopic (exact) mass is 240 g/mol. The van der Waals surface area contributed by atoms with Crippen molar-refractivity contribution in [3.05, 3.63) is 12.2 Å². The number of carbonyl (C=O) groups is 2. The lowest BCUT2D eigenvalue weighted by Crippen LogP contribution is -2.31. The first-order valence-electron chi connectivity index (χ1n) is 5.61. The molecule has 0 bridgehead atoms. The van der Waals surface area contributed by atoms with Crippen LogP contribution in [0.2, 0.25) is 0 Å². The van der Waals surface area contributed by atoms with E-state index in [0.717, 1.165) is 0 Å². The molecule has 2 rings (SSSR count). The van der Waals surface area contributed by atoms with Gasteiger partial charge >= 0.3 is 12.1 Å². The number of ether oxygens (including phenoxy) is 3. The first kappa shape index (κ1) is 12.0. The number of hydrogen-bond acceptors (Lipinski definition) is 5. The van der Waals surface area contributed by atoms with Gasteiger partial charge in [0.25, 0.3) is 0 Å². The van der Waals surface area contributed by atoms with Crippen molar-refractivity contribution < 1.29 is 23.8 Å². The summed E-state index contributed by atoms with van der Waals surface area (Å²) in [6, 6.07) is 0. The van der Waals surface area contributed by atoms with E-state index in [1.54, 1.807) is 26.8 Å². The predicted molar refractivity (Wildman–Crippen MR) is 58.2 cm³/mol. The van der Waals surface area contributed by atoms with E-state index in [1.807, 2.05) is 6.08 Å². The van der Waals surface area contributed by atoms with Crippen molar-refractivity contribution in [3.8, 4) is 0 Å². The molecule has 1 heterocycles. The summed E-state index contributed by atoms with van der Waals surface area (Å²) in [4.78, 5) is 22.6. The van der Waals surface area contributed by atoms with Gasteiger partial charge in [0.1, 0.15) is 18.3 Å². The van der Waals surface area contributed by atoms with E-state index in [4.69, 9.17) is 14.2 Å². The Bertz CT molecular complexity index is 366. The second-order valence-corrected chi connectivity index (χ2v) is 5.24. The highest BCUT2D eigenvalue weighted by Crippen LogP contribution is 2.37. The van der Waals surface area contributed by atoms with Gasteiger partial charge < -0.3 is 14.2 Å². The molecule has 94 valence electrons. The molecule has 0 amide bonds. The highest BCUT2D eigenvalue weighted by Gasteiger charge is 2.46. The smallest absolute Gasteiger partial charge is 0.458 e. The molecular weight excluding hydrogens is 224 g/mol. The van der Waals surface area contributed by atoms with Crippen LogP contribution >= 0.6 is 0 Å². The summed E-state index contributed by atoms with van der Waals surface area (Å²) in [5, 5.41) is 0. The van der Waals surface area contributed by atoms with Crippen molar-refractivity contribution in [1.82, 2.24) is 0 Å². The first-order chi connectivity index (χ1) is 7.87. The van der Waals surface area contributed by atoms with E-state index in [-0.39, 0.29) is 30.5 Å².